The van der Waals surface area contributed by atoms with E-state index < -0.39 is 12.2 Å². The molecule has 0 aromatic carbocycles. The average Bonchev–Trinajstić information content (AvgIpc) is 2.19. The van der Waals surface area contributed by atoms with Gasteiger partial charge in [0.15, 0.2) is 0 Å². The third-order valence-electron chi connectivity index (χ3n) is 2.00. The zero-order valence-corrected chi connectivity index (χ0v) is 7.85. The topological polar surface area (TPSA) is 40.5 Å². The predicted octanol–water partition coefficient (Wildman–Crippen LogP) is 0.977. The Hall–Kier alpha value is -1.39. The summed E-state index contributed by atoms with van der Waals surface area (Å²) in [4.78, 5) is 0. The van der Waals surface area contributed by atoms with Gasteiger partial charge in [-0.3, -0.25) is 0 Å². The highest BCUT2D eigenvalue weighted by Crippen LogP contribution is 2.14. The predicted molar refractivity (Wildman–Crippen MR) is 55.1 cm³/mol. The van der Waals surface area contributed by atoms with Crippen molar-refractivity contribution in [2.75, 3.05) is 0 Å². The number of allylic oxidation sites excluding steroid dienone is 5. The van der Waals surface area contributed by atoms with E-state index >= 15 is 0 Å². The minimum Gasteiger partial charge on any atom is -0.390 e. The summed E-state index contributed by atoms with van der Waals surface area (Å²) in [5.74, 6) is 2.32. The molecule has 2 N–H and O–H groups in total. The van der Waals surface area contributed by atoms with Crippen LogP contribution in [0.4, 0.5) is 0 Å². The number of aliphatic hydroxyl groups excluding tert-OH is 2. The molecule has 1 aliphatic rings. The maximum Gasteiger partial charge on any atom is 0.103 e. The van der Waals surface area contributed by atoms with E-state index in [1.807, 2.05) is 12.2 Å². The molecule has 0 fully saturated rings. The fraction of sp³-hybridized carbons (Fsp3) is 0.333. The lowest BCUT2D eigenvalue weighted by Crippen LogP contribution is -2.25. The molecule has 0 unspecified atom stereocenters. The van der Waals surface area contributed by atoms with Gasteiger partial charge in [-0.2, -0.15) is 0 Å². The van der Waals surface area contributed by atoms with Crippen molar-refractivity contribution in [3.05, 3.63) is 36.0 Å². The van der Waals surface area contributed by atoms with Gasteiger partial charge in [-0.25, -0.2) is 0 Å². The van der Waals surface area contributed by atoms with Crippen molar-refractivity contribution in [2.45, 2.75) is 25.0 Å². The first kappa shape index (κ1) is 10.7. The first-order valence-electron chi connectivity index (χ1n) is 4.48. The number of aliphatic hydroxyl groups is 2. The summed E-state index contributed by atoms with van der Waals surface area (Å²) in [6, 6.07) is 0. The molecule has 2 atom stereocenters. The van der Waals surface area contributed by atoms with Crippen molar-refractivity contribution >= 4 is 0 Å². The smallest absolute Gasteiger partial charge is 0.103 e. The Morgan fingerprint density at radius 1 is 1.43 bits per heavy atom. The van der Waals surface area contributed by atoms with Crippen molar-refractivity contribution in [1.82, 2.24) is 0 Å². The molecule has 0 bridgehead atoms. The van der Waals surface area contributed by atoms with Crippen LogP contribution in [0.2, 0.25) is 0 Å². The minimum absolute atomic E-state index is 0.181. The Labute approximate surface area is 84.3 Å². The van der Waals surface area contributed by atoms with Crippen LogP contribution in [0, 0.1) is 18.4 Å². The largest absolute Gasteiger partial charge is 0.390 e. The standard InChI is InChI=1S/C12H13O2/c1-2-6-11(13)12(14)9-10-7-4-3-5-8-10/h1,4-5,7-8,11-14H,6,9H2/q+1/t11-,12-/m1/s1. The molecule has 72 valence electrons. The average molecular weight is 189 g/mol. The van der Waals surface area contributed by atoms with Crippen LogP contribution < -0.4 is 0 Å². The maximum absolute atomic E-state index is 9.55. The lowest BCUT2D eigenvalue weighted by atomic mass is 10.00. The molecule has 2 nitrogen and oxygen atoms in total. The van der Waals surface area contributed by atoms with Crippen LogP contribution in [0.25, 0.3) is 0 Å². The van der Waals surface area contributed by atoms with Crippen LogP contribution in [0.1, 0.15) is 12.8 Å². The third-order valence-corrected chi connectivity index (χ3v) is 2.00. The second-order valence-electron chi connectivity index (χ2n) is 3.16. The summed E-state index contributed by atoms with van der Waals surface area (Å²) in [6.45, 7) is 0. The van der Waals surface area contributed by atoms with Crippen LogP contribution in [-0.2, 0) is 0 Å². The molecule has 1 rings (SSSR count). The molecule has 0 heterocycles. The van der Waals surface area contributed by atoms with Gasteiger partial charge in [0.2, 0.25) is 0 Å². The molecule has 0 radical (unpaired) electrons. The molecule has 2 heteroatoms. The van der Waals surface area contributed by atoms with Crippen LogP contribution in [0.3, 0.4) is 0 Å². The van der Waals surface area contributed by atoms with Crippen LogP contribution in [0.5, 0.6) is 0 Å². The summed E-state index contributed by atoms with van der Waals surface area (Å²) in [6.07, 6.45) is 14.1. The van der Waals surface area contributed by atoms with E-state index in [4.69, 9.17) is 6.42 Å². The van der Waals surface area contributed by atoms with Gasteiger partial charge in [-0.05, 0) is 0 Å². The van der Waals surface area contributed by atoms with Crippen molar-refractivity contribution in [2.24, 2.45) is 0 Å². The molecule has 1 aliphatic carbocycles. The molecular formula is C12H13O2+. The van der Waals surface area contributed by atoms with Gasteiger partial charge >= 0.3 is 0 Å². The SMILES string of the molecule is C#CC[C@@H](O)[C@H](O)CC1=CC=[C+]C=C1. The van der Waals surface area contributed by atoms with E-state index in [-0.39, 0.29) is 6.42 Å². The van der Waals surface area contributed by atoms with Gasteiger partial charge in [-0.1, -0.05) is 0 Å². The van der Waals surface area contributed by atoms with Gasteiger partial charge in [-0.15, -0.1) is 12.3 Å². The summed E-state index contributed by atoms with van der Waals surface area (Å²) in [5.41, 5.74) is 0.965. The fourth-order valence-electron chi connectivity index (χ4n) is 1.19. The first-order chi connectivity index (χ1) is 6.74. The molecule has 0 spiro atoms. The van der Waals surface area contributed by atoms with E-state index in [1.165, 1.54) is 0 Å². The van der Waals surface area contributed by atoms with Gasteiger partial charge in [0.05, 0.1) is 29.9 Å². The highest BCUT2D eigenvalue weighted by molar-refractivity contribution is 5.30. The Morgan fingerprint density at radius 3 is 2.79 bits per heavy atom. The van der Waals surface area contributed by atoms with Gasteiger partial charge in [0.25, 0.3) is 0 Å². The molecule has 0 saturated heterocycles. The molecule has 0 aliphatic heterocycles. The summed E-state index contributed by atoms with van der Waals surface area (Å²) < 4.78 is 0. The quantitative estimate of drug-likeness (QED) is 0.511. The summed E-state index contributed by atoms with van der Waals surface area (Å²) in [5, 5.41) is 18.9. The number of rotatable bonds is 4. The molecule has 0 saturated carbocycles. The third kappa shape index (κ3) is 3.16. The lowest BCUT2D eigenvalue weighted by Gasteiger charge is -2.14. The molecular weight excluding hydrogens is 176 g/mol. The highest BCUT2D eigenvalue weighted by Gasteiger charge is 2.18. The van der Waals surface area contributed by atoms with Crippen molar-refractivity contribution in [3.8, 4) is 12.3 Å². The second kappa shape index (κ2) is 5.36. The van der Waals surface area contributed by atoms with Crippen molar-refractivity contribution in [1.29, 1.82) is 0 Å². The fourth-order valence-corrected chi connectivity index (χ4v) is 1.19. The highest BCUT2D eigenvalue weighted by atomic mass is 16.3. The van der Waals surface area contributed by atoms with Crippen LogP contribution in [-0.4, -0.2) is 22.4 Å². The Morgan fingerprint density at radius 2 is 2.21 bits per heavy atom. The Bertz CT molecular complexity index is 305. The van der Waals surface area contributed by atoms with Crippen molar-refractivity contribution in [3.63, 3.8) is 0 Å². The van der Waals surface area contributed by atoms with Crippen molar-refractivity contribution < 1.29 is 10.2 Å². The normalized spacial score (nSPS) is 17.9. The molecule has 0 amide bonds. The zero-order chi connectivity index (χ0) is 10.4. The minimum atomic E-state index is -0.843. The van der Waals surface area contributed by atoms with E-state index in [0.29, 0.717) is 6.42 Å². The van der Waals surface area contributed by atoms with E-state index in [2.05, 4.69) is 12.0 Å². The first-order valence-corrected chi connectivity index (χ1v) is 4.48. The number of hydrogen-bond donors (Lipinski definition) is 2. The van der Waals surface area contributed by atoms with E-state index in [0.717, 1.165) is 5.57 Å². The number of terminal acetylenes is 1. The van der Waals surface area contributed by atoms with Crippen LogP contribution in [0.15, 0.2) is 29.9 Å². The molecule has 0 aromatic rings. The zero-order valence-electron chi connectivity index (χ0n) is 7.85. The van der Waals surface area contributed by atoms with Crippen LogP contribution >= 0.6 is 0 Å². The maximum atomic E-state index is 9.55. The Kier molecular flexibility index (Phi) is 4.10. The van der Waals surface area contributed by atoms with Gasteiger partial charge in [0.1, 0.15) is 12.2 Å². The molecule has 14 heavy (non-hydrogen) atoms. The monoisotopic (exact) mass is 189 g/mol. The van der Waals surface area contributed by atoms with Gasteiger partial charge in [0, 0.05) is 18.9 Å². The summed E-state index contributed by atoms with van der Waals surface area (Å²) in [7, 11) is 0. The molecule has 0 aromatic heterocycles. The number of hydrogen-bond acceptors (Lipinski definition) is 2. The van der Waals surface area contributed by atoms with Gasteiger partial charge < -0.3 is 10.2 Å². The summed E-state index contributed by atoms with van der Waals surface area (Å²) >= 11 is 0. The van der Waals surface area contributed by atoms with E-state index in [1.54, 1.807) is 12.2 Å². The van der Waals surface area contributed by atoms with E-state index in [9.17, 15) is 10.2 Å². The Balaban J connectivity index is 2.45. The lowest BCUT2D eigenvalue weighted by molar-refractivity contribution is 0.0240. The second-order valence-corrected chi connectivity index (χ2v) is 3.16.